The Balaban J connectivity index is 2.11. The predicted octanol–water partition coefficient (Wildman–Crippen LogP) is 2.12. The van der Waals surface area contributed by atoms with Gasteiger partial charge in [0.25, 0.3) is 0 Å². The van der Waals surface area contributed by atoms with Gasteiger partial charge >= 0.3 is 0 Å². The summed E-state index contributed by atoms with van der Waals surface area (Å²) in [6.07, 6.45) is 0. The molecule has 1 heterocycles. The van der Waals surface area contributed by atoms with E-state index >= 15 is 0 Å². The average Bonchev–Trinajstić information content (AvgIpc) is 2.45. The summed E-state index contributed by atoms with van der Waals surface area (Å²) >= 11 is 0. The third kappa shape index (κ3) is 2.96. The highest BCUT2D eigenvalue weighted by molar-refractivity contribution is 5.81. The number of benzene rings is 1. The zero-order valence-corrected chi connectivity index (χ0v) is 12.7. The first-order chi connectivity index (χ1) is 9.45. The molecule has 0 saturated heterocycles. The SMILES string of the molecule is CNC(=O)C(C)(C)CNC1c2ccccc2OCC1C. The molecule has 1 aromatic rings. The van der Waals surface area contributed by atoms with Crippen molar-refractivity contribution in [3.05, 3.63) is 29.8 Å². The van der Waals surface area contributed by atoms with Crippen molar-refractivity contribution >= 4 is 5.91 Å². The molecule has 2 atom stereocenters. The molecule has 0 aliphatic carbocycles. The Morgan fingerprint density at radius 2 is 2.10 bits per heavy atom. The minimum Gasteiger partial charge on any atom is -0.493 e. The van der Waals surface area contributed by atoms with E-state index in [1.807, 2.05) is 32.0 Å². The van der Waals surface area contributed by atoms with Crippen molar-refractivity contribution in [3.8, 4) is 5.75 Å². The van der Waals surface area contributed by atoms with Crippen LogP contribution in [-0.4, -0.2) is 26.1 Å². The second-order valence-corrected chi connectivity index (χ2v) is 6.15. The number of hydrogen-bond donors (Lipinski definition) is 2. The van der Waals surface area contributed by atoms with Crippen molar-refractivity contribution in [2.24, 2.45) is 11.3 Å². The van der Waals surface area contributed by atoms with Crippen LogP contribution in [0.1, 0.15) is 32.4 Å². The first kappa shape index (κ1) is 14.9. The van der Waals surface area contributed by atoms with Gasteiger partial charge in [-0.25, -0.2) is 0 Å². The van der Waals surface area contributed by atoms with E-state index in [4.69, 9.17) is 4.74 Å². The van der Waals surface area contributed by atoms with Crippen molar-refractivity contribution in [3.63, 3.8) is 0 Å². The molecule has 2 N–H and O–H groups in total. The maximum Gasteiger partial charge on any atom is 0.226 e. The Hall–Kier alpha value is -1.55. The molecular formula is C16H24N2O2. The first-order valence-electron chi connectivity index (χ1n) is 7.13. The van der Waals surface area contributed by atoms with Crippen molar-refractivity contribution < 1.29 is 9.53 Å². The Morgan fingerprint density at radius 3 is 2.80 bits per heavy atom. The van der Waals surface area contributed by atoms with Gasteiger partial charge in [0, 0.05) is 31.1 Å². The van der Waals surface area contributed by atoms with Gasteiger partial charge in [-0.2, -0.15) is 0 Å². The monoisotopic (exact) mass is 276 g/mol. The molecule has 4 heteroatoms. The van der Waals surface area contributed by atoms with Gasteiger partial charge in [-0.15, -0.1) is 0 Å². The van der Waals surface area contributed by atoms with E-state index in [0.29, 0.717) is 19.1 Å². The van der Waals surface area contributed by atoms with E-state index in [1.54, 1.807) is 7.05 Å². The fourth-order valence-electron chi connectivity index (χ4n) is 2.59. The van der Waals surface area contributed by atoms with Crippen LogP contribution in [-0.2, 0) is 4.79 Å². The molecule has 1 aromatic carbocycles. The highest BCUT2D eigenvalue weighted by atomic mass is 16.5. The first-order valence-corrected chi connectivity index (χ1v) is 7.13. The minimum absolute atomic E-state index is 0.0537. The Bertz CT molecular complexity index is 485. The van der Waals surface area contributed by atoms with Crippen LogP contribution < -0.4 is 15.4 Å². The third-order valence-corrected chi connectivity index (χ3v) is 3.93. The normalized spacial score (nSPS) is 21.8. The summed E-state index contributed by atoms with van der Waals surface area (Å²) in [5.74, 6) is 1.38. The molecule has 0 radical (unpaired) electrons. The molecule has 0 spiro atoms. The molecule has 1 aliphatic heterocycles. The molecule has 1 amide bonds. The van der Waals surface area contributed by atoms with Gasteiger partial charge in [0.15, 0.2) is 0 Å². The van der Waals surface area contributed by atoms with Crippen LogP contribution in [0, 0.1) is 11.3 Å². The average molecular weight is 276 g/mol. The van der Waals surface area contributed by atoms with Crippen LogP contribution in [0.15, 0.2) is 24.3 Å². The van der Waals surface area contributed by atoms with Crippen LogP contribution >= 0.6 is 0 Å². The summed E-state index contributed by atoms with van der Waals surface area (Å²) < 4.78 is 5.75. The lowest BCUT2D eigenvalue weighted by atomic mass is 9.88. The van der Waals surface area contributed by atoms with Crippen LogP contribution in [0.3, 0.4) is 0 Å². The number of para-hydroxylation sites is 1. The lowest BCUT2D eigenvalue weighted by Crippen LogP contribution is -2.45. The van der Waals surface area contributed by atoms with E-state index in [2.05, 4.69) is 23.6 Å². The quantitative estimate of drug-likeness (QED) is 0.885. The van der Waals surface area contributed by atoms with Crippen LogP contribution in [0.4, 0.5) is 0 Å². The van der Waals surface area contributed by atoms with Gasteiger partial charge in [0.1, 0.15) is 5.75 Å². The summed E-state index contributed by atoms with van der Waals surface area (Å²) in [5, 5.41) is 6.26. The Morgan fingerprint density at radius 1 is 1.40 bits per heavy atom. The molecule has 0 fully saturated rings. The summed E-state index contributed by atoms with van der Waals surface area (Å²) in [4.78, 5) is 11.9. The Kier molecular flexibility index (Phi) is 4.33. The van der Waals surface area contributed by atoms with Crippen LogP contribution in [0.2, 0.25) is 0 Å². The zero-order valence-electron chi connectivity index (χ0n) is 12.7. The largest absolute Gasteiger partial charge is 0.493 e. The number of ether oxygens (including phenoxy) is 1. The molecule has 20 heavy (non-hydrogen) atoms. The standard InChI is InChI=1S/C16H24N2O2/c1-11-9-20-13-8-6-5-7-12(13)14(11)18-10-16(2,3)15(19)17-4/h5-8,11,14,18H,9-10H2,1-4H3,(H,17,19). The molecule has 0 bridgehead atoms. The fraction of sp³-hybridized carbons (Fsp3) is 0.562. The number of nitrogens with one attached hydrogen (secondary N) is 2. The van der Waals surface area contributed by atoms with Crippen molar-refractivity contribution in [1.29, 1.82) is 0 Å². The zero-order chi connectivity index (χ0) is 14.8. The summed E-state index contributed by atoms with van der Waals surface area (Å²) in [6.45, 7) is 7.41. The summed E-state index contributed by atoms with van der Waals surface area (Å²) in [6, 6.07) is 8.33. The van der Waals surface area contributed by atoms with E-state index in [0.717, 1.165) is 5.75 Å². The highest BCUT2D eigenvalue weighted by Crippen LogP contribution is 2.35. The number of amides is 1. The second-order valence-electron chi connectivity index (χ2n) is 6.15. The van der Waals surface area contributed by atoms with Crippen molar-refractivity contribution in [1.82, 2.24) is 10.6 Å². The smallest absolute Gasteiger partial charge is 0.226 e. The molecular weight excluding hydrogens is 252 g/mol. The van der Waals surface area contributed by atoms with Crippen molar-refractivity contribution in [2.75, 3.05) is 20.2 Å². The van der Waals surface area contributed by atoms with Gasteiger partial charge in [0.05, 0.1) is 12.0 Å². The predicted molar refractivity (Wildman–Crippen MR) is 79.7 cm³/mol. The third-order valence-electron chi connectivity index (χ3n) is 3.93. The maximum atomic E-state index is 11.9. The summed E-state index contributed by atoms with van der Waals surface area (Å²) in [7, 11) is 1.68. The fourth-order valence-corrected chi connectivity index (χ4v) is 2.59. The topological polar surface area (TPSA) is 50.4 Å². The van der Waals surface area contributed by atoms with Gasteiger partial charge in [-0.1, -0.05) is 25.1 Å². The van der Waals surface area contributed by atoms with E-state index in [9.17, 15) is 4.79 Å². The number of hydrogen-bond acceptors (Lipinski definition) is 3. The van der Waals surface area contributed by atoms with E-state index < -0.39 is 5.41 Å². The number of carbonyl (C=O) groups is 1. The van der Waals surface area contributed by atoms with Crippen LogP contribution in [0.25, 0.3) is 0 Å². The van der Waals surface area contributed by atoms with Gasteiger partial charge in [-0.3, -0.25) is 4.79 Å². The number of fused-ring (bicyclic) bond motifs is 1. The molecule has 4 nitrogen and oxygen atoms in total. The lowest BCUT2D eigenvalue weighted by molar-refractivity contribution is -0.128. The minimum atomic E-state index is -0.429. The number of carbonyl (C=O) groups excluding carboxylic acids is 1. The van der Waals surface area contributed by atoms with Gasteiger partial charge in [0.2, 0.25) is 5.91 Å². The summed E-state index contributed by atoms with van der Waals surface area (Å²) in [5.41, 5.74) is 0.751. The molecule has 0 saturated carbocycles. The maximum absolute atomic E-state index is 11.9. The molecule has 110 valence electrons. The Labute approximate surface area is 120 Å². The molecule has 0 aromatic heterocycles. The van der Waals surface area contributed by atoms with E-state index in [-0.39, 0.29) is 11.9 Å². The van der Waals surface area contributed by atoms with E-state index in [1.165, 1.54) is 5.56 Å². The second kappa shape index (κ2) is 5.83. The van der Waals surface area contributed by atoms with Gasteiger partial charge < -0.3 is 15.4 Å². The van der Waals surface area contributed by atoms with Gasteiger partial charge in [-0.05, 0) is 19.9 Å². The van der Waals surface area contributed by atoms with Crippen LogP contribution in [0.5, 0.6) is 5.75 Å². The molecule has 2 rings (SSSR count). The molecule has 1 aliphatic rings. The van der Waals surface area contributed by atoms with Crippen molar-refractivity contribution in [2.45, 2.75) is 26.8 Å². The number of rotatable bonds is 4. The molecule has 2 unspecified atom stereocenters. The highest BCUT2D eigenvalue weighted by Gasteiger charge is 2.32. The lowest BCUT2D eigenvalue weighted by Gasteiger charge is -2.34.